The highest BCUT2D eigenvalue weighted by Crippen LogP contribution is 2.24. The molecule has 1 aliphatic heterocycles. The zero-order valence-corrected chi connectivity index (χ0v) is 19.2. The van der Waals surface area contributed by atoms with E-state index in [2.05, 4.69) is 39.2 Å². The molecule has 174 valence electrons. The molecule has 33 heavy (non-hydrogen) atoms. The molecule has 0 bridgehead atoms. The first-order valence-corrected chi connectivity index (χ1v) is 11.0. The molecular formula is C24H29N5O4. The molecule has 9 heteroatoms. The van der Waals surface area contributed by atoms with Crippen molar-refractivity contribution in [1.82, 2.24) is 19.8 Å². The summed E-state index contributed by atoms with van der Waals surface area (Å²) in [6.45, 7) is 5.53. The molecule has 0 radical (unpaired) electrons. The molecular weight excluding hydrogens is 422 g/mol. The zero-order valence-electron chi connectivity index (χ0n) is 19.2. The van der Waals surface area contributed by atoms with E-state index in [0.717, 1.165) is 43.1 Å². The highest BCUT2D eigenvalue weighted by atomic mass is 16.5. The summed E-state index contributed by atoms with van der Waals surface area (Å²) in [4.78, 5) is 32.7. The minimum Gasteiger partial charge on any atom is -0.452 e. The normalized spacial score (nSPS) is 15.4. The lowest BCUT2D eigenvalue weighted by atomic mass is 10.2. The number of esters is 1. The van der Waals surface area contributed by atoms with Gasteiger partial charge in [-0.3, -0.25) is 14.3 Å². The van der Waals surface area contributed by atoms with E-state index in [1.54, 1.807) is 25.6 Å². The van der Waals surface area contributed by atoms with Gasteiger partial charge in [0.25, 0.3) is 5.91 Å². The van der Waals surface area contributed by atoms with Crippen LogP contribution in [0.2, 0.25) is 0 Å². The van der Waals surface area contributed by atoms with Crippen molar-refractivity contribution in [2.75, 3.05) is 51.8 Å². The smallest absolute Gasteiger partial charge is 0.338 e. The van der Waals surface area contributed by atoms with Crippen molar-refractivity contribution in [3.8, 4) is 5.69 Å². The number of hydrogen-bond acceptors (Lipinski definition) is 7. The number of likely N-dealkylation sites (N-methyl/N-ethyl adjacent to an activating group) is 1. The molecule has 4 rings (SSSR count). The number of nitrogens with zero attached hydrogens (tertiary/aromatic N) is 4. The van der Waals surface area contributed by atoms with E-state index in [-0.39, 0.29) is 18.7 Å². The number of fused-ring (bicyclic) bond motifs is 1. The highest BCUT2D eigenvalue weighted by molar-refractivity contribution is 5.95. The predicted octanol–water partition coefficient (Wildman–Crippen LogP) is 2.04. The van der Waals surface area contributed by atoms with Crippen molar-refractivity contribution in [2.45, 2.75) is 13.2 Å². The maximum absolute atomic E-state index is 12.2. The van der Waals surface area contributed by atoms with Crippen LogP contribution in [-0.4, -0.2) is 79.5 Å². The molecule has 0 spiro atoms. The molecule has 1 aliphatic rings. The van der Waals surface area contributed by atoms with Crippen molar-refractivity contribution in [3.05, 3.63) is 54.4 Å². The van der Waals surface area contributed by atoms with E-state index in [0.29, 0.717) is 11.1 Å². The number of rotatable bonds is 7. The van der Waals surface area contributed by atoms with Crippen molar-refractivity contribution in [1.29, 1.82) is 0 Å². The van der Waals surface area contributed by atoms with E-state index in [1.165, 1.54) is 7.05 Å². The molecule has 1 saturated heterocycles. The maximum Gasteiger partial charge on any atom is 0.338 e. The molecule has 1 N–H and O–H groups in total. The Morgan fingerprint density at radius 1 is 1.09 bits per heavy atom. The largest absolute Gasteiger partial charge is 0.452 e. The van der Waals surface area contributed by atoms with Gasteiger partial charge < -0.3 is 19.7 Å². The summed E-state index contributed by atoms with van der Waals surface area (Å²) in [6.07, 6.45) is 1.88. The number of anilines is 1. The molecule has 2 aromatic carbocycles. The lowest BCUT2D eigenvalue weighted by molar-refractivity contribution is -0.123. The fraction of sp³-hybridized carbons (Fsp3) is 0.375. The average Bonchev–Trinajstić information content (AvgIpc) is 3.30. The number of piperazine rings is 1. The zero-order chi connectivity index (χ0) is 23.4. The molecule has 1 amide bonds. The SMILES string of the molecule is CNC(=O)COC(=O)c1ccc2c(c1)ncn2-c1cccc(N2CCN(C(C)OC)CC2)c1. The van der Waals surface area contributed by atoms with Gasteiger partial charge in [-0.1, -0.05) is 6.07 Å². The van der Waals surface area contributed by atoms with Crippen LogP contribution in [0.4, 0.5) is 5.69 Å². The molecule has 0 aliphatic carbocycles. The topological polar surface area (TPSA) is 88.9 Å². The highest BCUT2D eigenvalue weighted by Gasteiger charge is 2.21. The Kier molecular flexibility index (Phi) is 6.90. The monoisotopic (exact) mass is 451 g/mol. The van der Waals surface area contributed by atoms with E-state index in [9.17, 15) is 9.59 Å². The van der Waals surface area contributed by atoms with E-state index in [1.807, 2.05) is 22.8 Å². The second kappa shape index (κ2) is 10.0. The molecule has 1 aromatic heterocycles. The van der Waals surface area contributed by atoms with Gasteiger partial charge >= 0.3 is 5.97 Å². The second-order valence-corrected chi connectivity index (χ2v) is 7.95. The predicted molar refractivity (Wildman–Crippen MR) is 126 cm³/mol. The minimum absolute atomic E-state index is 0.127. The number of aromatic nitrogens is 2. The number of amides is 1. The number of ether oxygens (including phenoxy) is 2. The van der Waals surface area contributed by atoms with Crippen LogP contribution in [0.15, 0.2) is 48.8 Å². The molecule has 1 atom stereocenters. The molecule has 2 heterocycles. The third kappa shape index (κ3) is 4.99. The molecule has 9 nitrogen and oxygen atoms in total. The van der Waals surface area contributed by atoms with Crippen LogP contribution >= 0.6 is 0 Å². The Morgan fingerprint density at radius 3 is 2.58 bits per heavy atom. The standard InChI is InChI=1S/C24H29N5O4/c1-17(32-3)27-9-11-28(12-10-27)19-5-4-6-20(14-19)29-16-26-21-13-18(7-8-22(21)29)24(31)33-15-23(30)25-2/h4-8,13-14,16-17H,9-12,15H2,1-3H3,(H,25,30). The van der Waals surface area contributed by atoms with Gasteiger partial charge in [0.05, 0.1) is 16.6 Å². The van der Waals surface area contributed by atoms with Gasteiger partial charge in [0.1, 0.15) is 12.6 Å². The maximum atomic E-state index is 12.2. The van der Waals surface area contributed by atoms with Crippen molar-refractivity contribution in [3.63, 3.8) is 0 Å². The number of benzene rings is 2. The van der Waals surface area contributed by atoms with Gasteiger partial charge in [-0.2, -0.15) is 0 Å². The Balaban J connectivity index is 1.50. The van der Waals surface area contributed by atoms with Crippen LogP contribution in [0.3, 0.4) is 0 Å². The summed E-state index contributed by atoms with van der Waals surface area (Å²) in [5.74, 6) is -0.915. The lowest BCUT2D eigenvalue weighted by Gasteiger charge is -2.38. The summed E-state index contributed by atoms with van der Waals surface area (Å²) in [7, 11) is 3.23. The van der Waals surface area contributed by atoms with Gasteiger partial charge in [0.2, 0.25) is 0 Å². The number of imidazole rings is 1. The van der Waals surface area contributed by atoms with Crippen LogP contribution in [0.1, 0.15) is 17.3 Å². The Hall–Kier alpha value is -3.43. The third-order valence-corrected chi connectivity index (χ3v) is 6.04. The molecule has 0 saturated carbocycles. The van der Waals surface area contributed by atoms with Crippen LogP contribution in [0.25, 0.3) is 16.7 Å². The fourth-order valence-electron chi connectivity index (χ4n) is 3.96. The first-order chi connectivity index (χ1) is 16.0. The average molecular weight is 452 g/mol. The van der Waals surface area contributed by atoms with Gasteiger partial charge in [-0.15, -0.1) is 0 Å². The Bertz CT molecular complexity index is 1140. The molecule has 1 unspecified atom stereocenters. The number of nitrogens with one attached hydrogen (secondary N) is 1. The lowest BCUT2D eigenvalue weighted by Crippen LogP contribution is -2.50. The van der Waals surface area contributed by atoms with Crippen molar-refractivity contribution in [2.24, 2.45) is 0 Å². The van der Waals surface area contributed by atoms with E-state index >= 15 is 0 Å². The molecule has 1 fully saturated rings. The summed E-state index contributed by atoms with van der Waals surface area (Å²) < 4.78 is 12.5. The third-order valence-electron chi connectivity index (χ3n) is 6.04. The fourth-order valence-corrected chi connectivity index (χ4v) is 3.96. The first kappa shape index (κ1) is 22.8. The van der Waals surface area contributed by atoms with Crippen molar-refractivity contribution < 1.29 is 19.1 Å². The number of hydrogen-bond donors (Lipinski definition) is 1. The summed E-state index contributed by atoms with van der Waals surface area (Å²) in [5.41, 5.74) is 4.07. The van der Waals surface area contributed by atoms with Crippen LogP contribution in [0, 0.1) is 0 Å². The van der Waals surface area contributed by atoms with Crippen LogP contribution < -0.4 is 10.2 Å². The van der Waals surface area contributed by atoms with Gasteiger partial charge in [0.15, 0.2) is 6.61 Å². The van der Waals surface area contributed by atoms with Crippen LogP contribution in [0.5, 0.6) is 0 Å². The van der Waals surface area contributed by atoms with Gasteiger partial charge in [-0.25, -0.2) is 9.78 Å². The van der Waals surface area contributed by atoms with Gasteiger partial charge in [-0.05, 0) is 43.3 Å². The minimum atomic E-state index is -0.556. The van der Waals surface area contributed by atoms with E-state index < -0.39 is 5.97 Å². The summed E-state index contributed by atoms with van der Waals surface area (Å²) in [6, 6.07) is 13.6. The van der Waals surface area contributed by atoms with Crippen LogP contribution in [-0.2, 0) is 14.3 Å². The Morgan fingerprint density at radius 2 is 1.85 bits per heavy atom. The van der Waals surface area contributed by atoms with Gasteiger partial charge in [0, 0.05) is 51.7 Å². The Labute approximate surface area is 192 Å². The quantitative estimate of drug-likeness (QED) is 0.550. The van der Waals surface area contributed by atoms with Crippen molar-refractivity contribution >= 4 is 28.6 Å². The second-order valence-electron chi connectivity index (χ2n) is 7.95. The molecule has 3 aromatic rings. The summed E-state index contributed by atoms with van der Waals surface area (Å²) >= 11 is 0. The number of methoxy groups -OCH3 is 1. The number of carbonyl (C=O) groups is 2. The first-order valence-electron chi connectivity index (χ1n) is 11.0. The number of carbonyl (C=O) groups excluding carboxylic acids is 2. The van der Waals surface area contributed by atoms with E-state index in [4.69, 9.17) is 9.47 Å². The summed E-state index contributed by atoms with van der Waals surface area (Å²) in [5, 5.41) is 2.42.